The van der Waals surface area contributed by atoms with Crippen molar-refractivity contribution in [1.29, 1.82) is 0 Å². The number of amides is 1. The summed E-state index contributed by atoms with van der Waals surface area (Å²) >= 11 is 0. The number of rotatable bonds is 8. The van der Waals surface area contributed by atoms with Gasteiger partial charge in [-0.2, -0.15) is 4.31 Å². The third-order valence-electron chi connectivity index (χ3n) is 3.94. The SMILES string of the molecule is CC(=O)c1ccc(NC(=O)CCN(Cc2ccccc2F)S(C)(=O)=O)cc1. The molecule has 0 heterocycles. The topological polar surface area (TPSA) is 83.6 Å². The summed E-state index contributed by atoms with van der Waals surface area (Å²) in [6.45, 7) is 1.22. The van der Waals surface area contributed by atoms with Crippen LogP contribution in [0, 0.1) is 5.82 Å². The number of ketones is 1. The Balaban J connectivity index is 1.99. The zero-order valence-electron chi connectivity index (χ0n) is 15.1. The number of Topliss-reactive ketones (excluding diaryl/α,β-unsaturated/α-hetero) is 1. The maximum Gasteiger partial charge on any atom is 0.225 e. The molecule has 144 valence electrons. The van der Waals surface area contributed by atoms with Crippen molar-refractivity contribution in [2.24, 2.45) is 0 Å². The van der Waals surface area contributed by atoms with Crippen LogP contribution in [-0.4, -0.2) is 37.2 Å². The molecule has 27 heavy (non-hydrogen) atoms. The second-order valence-corrected chi connectivity index (χ2v) is 8.10. The number of hydrogen-bond donors (Lipinski definition) is 1. The van der Waals surface area contributed by atoms with E-state index in [0.717, 1.165) is 10.6 Å². The minimum Gasteiger partial charge on any atom is -0.326 e. The van der Waals surface area contributed by atoms with Gasteiger partial charge in [-0.3, -0.25) is 9.59 Å². The van der Waals surface area contributed by atoms with Crippen molar-refractivity contribution < 1.29 is 22.4 Å². The van der Waals surface area contributed by atoms with Crippen molar-refractivity contribution in [2.45, 2.75) is 19.9 Å². The van der Waals surface area contributed by atoms with E-state index in [1.54, 1.807) is 30.3 Å². The van der Waals surface area contributed by atoms with Gasteiger partial charge in [0.05, 0.1) is 6.26 Å². The van der Waals surface area contributed by atoms with Crippen LogP contribution in [0.2, 0.25) is 0 Å². The first-order valence-corrected chi connectivity index (χ1v) is 10.1. The van der Waals surface area contributed by atoms with Crippen LogP contribution in [0.4, 0.5) is 10.1 Å². The van der Waals surface area contributed by atoms with Crippen LogP contribution in [0.25, 0.3) is 0 Å². The van der Waals surface area contributed by atoms with Crippen LogP contribution in [0.5, 0.6) is 0 Å². The molecular weight excluding hydrogens is 371 g/mol. The van der Waals surface area contributed by atoms with E-state index < -0.39 is 15.8 Å². The summed E-state index contributed by atoms with van der Waals surface area (Å²) in [7, 11) is -3.61. The molecule has 0 aliphatic carbocycles. The van der Waals surface area contributed by atoms with Crippen molar-refractivity contribution in [3.8, 4) is 0 Å². The van der Waals surface area contributed by atoms with E-state index in [1.165, 1.54) is 25.1 Å². The summed E-state index contributed by atoms with van der Waals surface area (Å²) in [6.07, 6.45) is 0.933. The summed E-state index contributed by atoms with van der Waals surface area (Å²) in [4.78, 5) is 23.4. The van der Waals surface area contributed by atoms with Crippen molar-refractivity contribution in [3.63, 3.8) is 0 Å². The molecule has 2 aromatic carbocycles. The summed E-state index contributed by atoms with van der Waals surface area (Å²) in [5.41, 5.74) is 1.27. The Bertz CT molecular complexity index is 927. The highest BCUT2D eigenvalue weighted by Crippen LogP contribution is 2.14. The molecule has 8 heteroatoms. The number of anilines is 1. The fourth-order valence-electron chi connectivity index (χ4n) is 2.42. The Morgan fingerprint density at radius 1 is 1.07 bits per heavy atom. The lowest BCUT2D eigenvalue weighted by atomic mass is 10.1. The Hall–Kier alpha value is -2.58. The zero-order valence-corrected chi connectivity index (χ0v) is 15.9. The lowest BCUT2D eigenvalue weighted by Crippen LogP contribution is -2.32. The van der Waals surface area contributed by atoms with E-state index >= 15 is 0 Å². The van der Waals surface area contributed by atoms with E-state index in [1.807, 2.05) is 0 Å². The van der Waals surface area contributed by atoms with Gasteiger partial charge in [0.2, 0.25) is 15.9 Å². The quantitative estimate of drug-likeness (QED) is 0.700. The predicted molar refractivity (Wildman–Crippen MR) is 101 cm³/mol. The van der Waals surface area contributed by atoms with E-state index in [-0.39, 0.29) is 36.8 Å². The number of hydrogen-bond acceptors (Lipinski definition) is 4. The summed E-state index contributed by atoms with van der Waals surface area (Å²) in [5, 5.41) is 2.64. The molecule has 0 aliphatic rings. The third-order valence-corrected chi connectivity index (χ3v) is 5.19. The Morgan fingerprint density at radius 2 is 1.70 bits per heavy atom. The highest BCUT2D eigenvalue weighted by molar-refractivity contribution is 7.88. The van der Waals surface area contributed by atoms with Crippen LogP contribution in [0.1, 0.15) is 29.3 Å². The second kappa shape index (κ2) is 8.88. The van der Waals surface area contributed by atoms with Gasteiger partial charge >= 0.3 is 0 Å². The molecule has 0 saturated heterocycles. The predicted octanol–water partition coefficient (Wildman–Crippen LogP) is 2.82. The molecule has 0 unspecified atom stereocenters. The highest BCUT2D eigenvalue weighted by Gasteiger charge is 2.19. The van der Waals surface area contributed by atoms with Gasteiger partial charge in [0.25, 0.3) is 0 Å². The molecule has 0 aromatic heterocycles. The molecule has 0 saturated carbocycles. The maximum atomic E-state index is 13.8. The number of carbonyl (C=O) groups is 2. The summed E-state index contributed by atoms with van der Waals surface area (Å²) < 4.78 is 38.8. The van der Waals surface area contributed by atoms with Crippen LogP contribution >= 0.6 is 0 Å². The molecule has 0 spiro atoms. The fourth-order valence-corrected chi connectivity index (χ4v) is 3.21. The van der Waals surface area contributed by atoms with Crippen molar-refractivity contribution in [2.75, 3.05) is 18.1 Å². The second-order valence-electron chi connectivity index (χ2n) is 6.12. The normalized spacial score (nSPS) is 11.4. The Morgan fingerprint density at radius 3 is 2.26 bits per heavy atom. The molecule has 0 aliphatic heterocycles. The molecule has 0 bridgehead atoms. The molecule has 0 radical (unpaired) electrons. The lowest BCUT2D eigenvalue weighted by Gasteiger charge is -2.20. The average Bonchev–Trinajstić information content (AvgIpc) is 2.59. The van der Waals surface area contributed by atoms with Crippen molar-refractivity contribution in [1.82, 2.24) is 4.31 Å². The summed E-state index contributed by atoms with van der Waals surface area (Å²) in [5.74, 6) is -0.960. The van der Waals surface area contributed by atoms with Gasteiger partial charge in [0, 0.05) is 36.3 Å². The van der Waals surface area contributed by atoms with Crippen LogP contribution < -0.4 is 5.32 Å². The van der Waals surface area contributed by atoms with E-state index in [0.29, 0.717) is 11.3 Å². The largest absolute Gasteiger partial charge is 0.326 e. The molecule has 1 N–H and O–H groups in total. The van der Waals surface area contributed by atoms with Gasteiger partial charge in [-0.1, -0.05) is 18.2 Å². The third kappa shape index (κ3) is 6.26. The molecule has 6 nitrogen and oxygen atoms in total. The maximum absolute atomic E-state index is 13.8. The lowest BCUT2D eigenvalue weighted by molar-refractivity contribution is -0.116. The van der Waals surface area contributed by atoms with Gasteiger partial charge in [-0.15, -0.1) is 0 Å². The van der Waals surface area contributed by atoms with Gasteiger partial charge in [0.15, 0.2) is 5.78 Å². The first kappa shape index (κ1) is 20.7. The molecule has 0 fully saturated rings. The number of carbonyl (C=O) groups excluding carboxylic acids is 2. The highest BCUT2D eigenvalue weighted by atomic mass is 32.2. The Labute approximate surface area is 158 Å². The molecule has 1 amide bonds. The fraction of sp³-hybridized carbons (Fsp3) is 0.263. The van der Waals surface area contributed by atoms with Gasteiger partial charge in [-0.05, 0) is 37.3 Å². The monoisotopic (exact) mass is 392 g/mol. The van der Waals surface area contributed by atoms with E-state index in [2.05, 4.69) is 5.32 Å². The average molecular weight is 392 g/mol. The molecule has 2 rings (SSSR count). The Kier molecular flexibility index (Phi) is 6.81. The number of sulfonamides is 1. The van der Waals surface area contributed by atoms with Crippen molar-refractivity contribution >= 4 is 27.4 Å². The first-order valence-electron chi connectivity index (χ1n) is 8.26. The first-order chi connectivity index (χ1) is 12.7. The number of nitrogens with one attached hydrogen (secondary N) is 1. The van der Waals surface area contributed by atoms with Gasteiger partial charge in [-0.25, -0.2) is 12.8 Å². The van der Waals surface area contributed by atoms with Gasteiger partial charge in [0.1, 0.15) is 5.82 Å². The van der Waals surface area contributed by atoms with Crippen LogP contribution in [-0.2, 0) is 21.4 Å². The van der Waals surface area contributed by atoms with Crippen molar-refractivity contribution in [3.05, 3.63) is 65.5 Å². The molecule has 0 atom stereocenters. The number of benzene rings is 2. The standard InChI is InChI=1S/C19H21FN2O4S/c1-14(23)15-7-9-17(10-8-15)21-19(24)11-12-22(27(2,25)26)13-16-5-3-4-6-18(16)20/h3-10H,11-13H2,1-2H3,(H,21,24). The molecule has 2 aromatic rings. The zero-order chi connectivity index (χ0) is 20.0. The van der Waals surface area contributed by atoms with E-state index in [9.17, 15) is 22.4 Å². The van der Waals surface area contributed by atoms with Gasteiger partial charge < -0.3 is 5.32 Å². The van der Waals surface area contributed by atoms with Crippen LogP contribution in [0.3, 0.4) is 0 Å². The van der Waals surface area contributed by atoms with Crippen LogP contribution in [0.15, 0.2) is 48.5 Å². The summed E-state index contributed by atoms with van der Waals surface area (Å²) in [6, 6.07) is 12.3. The van der Waals surface area contributed by atoms with E-state index in [4.69, 9.17) is 0 Å². The molecular formula is C19H21FN2O4S. The minimum atomic E-state index is -3.61. The minimum absolute atomic E-state index is 0.0788. The number of nitrogens with zero attached hydrogens (tertiary/aromatic N) is 1. The number of halogens is 1. The smallest absolute Gasteiger partial charge is 0.225 e.